The lowest BCUT2D eigenvalue weighted by molar-refractivity contribution is 1.00. The number of hydrogen-bond donors (Lipinski definition) is 0. The van der Waals surface area contributed by atoms with Crippen molar-refractivity contribution >= 4 is 32.9 Å². The molecule has 1 atom stereocenters. The van der Waals surface area contributed by atoms with E-state index < -0.39 is 0 Å². The predicted octanol–water partition coefficient (Wildman–Crippen LogP) is 5.54. The molecule has 0 heterocycles. The number of nitrogens with zero attached hydrogens (tertiary/aromatic N) is 1. The molecule has 2 heteroatoms. The first-order chi connectivity index (χ1) is 8.50. The van der Waals surface area contributed by atoms with Gasteiger partial charge in [-0.1, -0.05) is 53.7 Å². The van der Waals surface area contributed by atoms with Crippen LogP contribution in [-0.2, 0) is 0 Å². The minimum absolute atomic E-state index is 0.504. The Kier molecular flexibility index (Phi) is 6.06. The summed E-state index contributed by atoms with van der Waals surface area (Å²) >= 11 is 3.52. The van der Waals surface area contributed by atoms with Crippen molar-refractivity contribution in [3.8, 4) is 0 Å². The van der Waals surface area contributed by atoms with Crippen LogP contribution < -0.4 is 0 Å². The molecule has 0 saturated carbocycles. The summed E-state index contributed by atoms with van der Waals surface area (Å²) in [5.41, 5.74) is 4.15. The molecule has 0 bridgehead atoms. The molecular weight excluding hydrogens is 286 g/mol. The highest BCUT2D eigenvalue weighted by molar-refractivity contribution is 9.09. The number of benzene rings is 1. The van der Waals surface area contributed by atoms with Crippen molar-refractivity contribution in [2.45, 2.75) is 32.0 Å². The van der Waals surface area contributed by atoms with Gasteiger partial charge in [-0.3, -0.25) is 4.99 Å². The van der Waals surface area contributed by atoms with E-state index in [1.165, 1.54) is 0 Å². The van der Waals surface area contributed by atoms with Gasteiger partial charge in [0.1, 0.15) is 0 Å². The number of alkyl halides is 1. The molecule has 0 N–H and O–H groups in total. The van der Waals surface area contributed by atoms with Crippen molar-refractivity contribution in [2.75, 3.05) is 0 Å². The lowest BCUT2D eigenvalue weighted by Crippen LogP contribution is -1.89. The zero-order chi connectivity index (χ0) is 13.5. The van der Waals surface area contributed by atoms with Gasteiger partial charge in [0.25, 0.3) is 0 Å². The van der Waals surface area contributed by atoms with Crippen LogP contribution in [0.4, 0.5) is 5.69 Å². The van der Waals surface area contributed by atoms with E-state index in [-0.39, 0.29) is 0 Å². The Morgan fingerprint density at radius 3 is 2.67 bits per heavy atom. The largest absolute Gasteiger partial charge is 0.253 e. The van der Waals surface area contributed by atoms with Gasteiger partial charge in [-0.25, -0.2) is 0 Å². The van der Waals surface area contributed by atoms with Crippen LogP contribution in [0.1, 0.15) is 32.8 Å². The Hall–Kier alpha value is -1.15. The van der Waals surface area contributed by atoms with Crippen LogP contribution >= 0.6 is 15.9 Å². The summed E-state index contributed by atoms with van der Waals surface area (Å²) in [6.45, 7) is 10.1. The molecule has 0 aliphatic carbocycles. The zero-order valence-corrected chi connectivity index (χ0v) is 12.9. The standard InChI is InChI=1S/C16H20BrN/c1-12(2)15-10-5-6-11-16(15)18-14(4)9-7-8-13(3)17/h5-7,9-11,13H,1,8H2,2-4H3/b9-7+,18-14+. The first kappa shape index (κ1) is 14.9. The van der Waals surface area contributed by atoms with Gasteiger partial charge in [0.2, 0.25) is 0 Å². The Bertz CT molecular complexity index is 470. The fourth-order valence-electron chi connectivity index (χ4n) is 1.59. The molecule has 1 unspecified atom stereocenters. The molecule has 0 spiro atoms. The molecule has 0 fully saturated rings. The van der Waals surface area contributed by atoms with Crippen molar-refractivity contribution < 1.29 is 0 Å². The highest BCUT2D eigenvalue weighted by atomic mass is 79.9. The van der Waals surface area contributed by atoms with E-state index in [2.05, 4.69) is 52.6 Å². The molecule has 1 nitrogen and oxygen atoms in total. The summed E-state index contributed by atoms with van der Waals surface area (Å²) in [4.78, 5) is 5.13. The zero-order valence-electron chi connectivity index (χ0n) is 11.3. The topological polar surface area (TPSA) is 12.4 Å². The number of allylic oxidation sites excluding steroid dienone is 3. The number of halogens is 1. The van der Waals surface area contributed by atoms with E-state index in [1.54, 1.807) is 0 Å². The van der Waals surface area contributed by atoms with Crippen molar-refractivity contribution in [1.82, 2.24) is 0 Å². The molecule has 0 radical (unpaired) electrons. The number of hydrogen-bond acceptors (Lipinski definition) is 1. The normalized spacial score (nSPS) is 13.9. The third-order valence-electron chi connectivity index (χ3n) is 2.48. The molecule has 0 amide bonds. The average Bonchev–Trinajstić information content (AvgIpc) is 2.28. The molecule has 0 aliphatic heterocycles. The van der Waals surface area contributed by atoms with E-state index >= 15 is 0 Å². The number of rotatable bonds is 5. The first-order valence-electron chi connectivity index (χ1n) is 6.11. The quantitative estimate of drug-likeness (QED) is 0.500. The summed E-state index contributed by atoms with van der Waals surface area (Å²) in [7, 11) is 0. The predicted molar refractivity (Wildman–Crippen MR) is 86.1 cm³/mol. The van der Waals surface area contributed by atoms with E-state index in [1.807, 2.05) is 32.0 Å². The van der Waals surface area contributed by atoms with E-state index in [0.717, 1.165) is 29.0 Å². The van der Waals surface area contributed by atoms with Crippen LogP contribution in [-0.4, -0.2) is 10.5 Å². The molecule has 0 aliphatic rings. The molecule has 0 aromatic heterocycles. The fourth-order valence-corrected chi connectivity index (χ4v) is 1.80. The Morgan fingerprint density at radius 1 is 1.39 bits per heavy atom. The fraction of sp³-hybridized carbons (Fsp3) is 0.312. The van der Waals surface area contributed by atoms with Gasteiger partial charge >= 0.3 is 0 Å². The number of aliphatic imine (C=N–C) groups is 1. The highest BCUT2D eigenvalue weighted by Crippen LogP contribution is 2.25. The third-order valence-corrected chi connectivity index (χ3v) is 2.85. The lowest BCUT2D eigenvalue weighted by atomic mass is 10.1. The second-order valence-corrected chi connectivity index (χ2v) is 6.03. The summed E-state index contributed by atoms with van der Waals surface area (Å²) in [6, 6.07) is 8.09. The summed E-state index contributed by atoms with van der Waals surface area (Å²) in [5, 5.41) is 0. The Labute approximate surface area is 118 Å². The monoisotopic (exact) mass is 305 g/mol. The van der Waals surface area contributed by atoms with Gasteiger partial charge in [0.15, 0.2) is 0 Å². The highest BCUT2D eigenvalue weighted by Gasteiger charge is 2.00. The minimum Gasteiger partial charge on any atom is -0.253 e. The SMILES string of the molecule is C=C(C)c1ccccc1/N=C(C)/C=C/CC(C)Br. The molecule has 0 saturated heterocycles. The molecule has 1 aromatic carbocycles. The molecule has 1 rings (SSSR count). The van der Waals surface area contributed by atoms with Gasteiger partial charge < -0.3 is 0 Å². The van der Waals surface area contributed by atoms with E-state index in [0.29, 0.717) is 4.83 Å². The second kappa shape index (κ2) is 7.32. The summed E-state index contributed by atoms with van der Waals surface area (Å²) in [5.74, 6) is 0. The van der Waals surface area contributed by atoms with Crippen molar-refractivity contribution in [2.24, 2.45) is 4.99 Å². The van der Waals surface area contributed by atoms with Crippen molar-refractivity contribution in [3.05, 3.63) is 48.6 Å². The molecule has 18 heavy (non-hydrogen) atoms. The van der Waals surface area contributed by atoms with Crippen molar-refractivity contribution in [3.63, 3.8) is 0 Å². The van der Waals surface area contributed by atoms with Crippen LogP contribution in [0.3, 0.4) is 0 Å². The maximum Gasteiger partial charge on any atom is 0.0707 e. The number of para-hydroxylation sites is 1. The summed E-state index contributed by atoms with van der Waals surface area (Å²) in [6.07, 6.45) is 5.21. The van der Waals surface area contributed by atoms with Crippen molar-refractivity contribution in [1.29, 1.82) is 0 Å². The van der Waals surface area contributed by atoms with E-state index in [4.69, 9.17) is 0 Å². The smallest absolute Gasteiger partial charge is 0.0707 e. The van der Waals surface area contributed by atoms with Gasteiger partial charge in [-0.2, -0.15) is 0 Å². The van der Waals surface area contributed by atoms with Gasteiger partial charge in [-0.05, 0) is 38.0 Å². The lowest BCUT2D eigenvalue weighted by Gasteiger charge is -2.05. The Morgan fingerprint density at radius 2 is 2.06 bits per heavy atom. The summed E-state index contributed by atoms with van der Waals surface area (Å²) < 4.78 is 0. The first-order valence-corrected chi connectivity index (χ1v) is 7.03. The van der Waals surface area contributed by atoms with Gasteiger partial charge in [0, 0.05) is 16.1 Å². The van der Waals surface area contributed by atoms with Crippen LogP contribution in [0.15, 0.2) is 48.0 Å². The maximum atomic E-state index is 4.63. The van der Waals surface area contributed by atoms with E-state index in [9.17, 15) is 0 Å². The average molecular weight is 306 g/mol. The van der Waals surface area contributed by atoms with Crippen LogP contribution in [0, 0.1) is 0 Å². The van der Waals surface area contributed by atoms with Crippen LogP contribution in [0.25, 0.3) is 5.57 Å². The van der Waals surface area contributed by atoms with Crippen LogP contribution in [0.5, 0.6) is 0 Å². The van der Waals surface area contributed by atoms with Gasteiger partial charge in [0.05, 0.1) is 5.69 Å². The molecule has 96 valence electrons. The molecule has 1 aromatic rings. The Balaban J connectivity index is 2.88. The third kappa shape index (κ3) is 5.01. The maximum absolute atomic E-state index is 4.63. The molecular formula is C16H20BrN. The minimum atomic E-state index is 0.504. The van der Waals surface area contributed by atoms with Crippen LogP contribution in [0.2, 0.25) is 0 Å². The second-order valence-electron chi connectivity index (χ2n) is 4.47. The van der Waals surface area contributed by atoms with Gasteiger partial charge in [-0.15, -0.1) is 0 Å².